The zero-order valence-corrected chi connectivity index (χ0v) is 23.2. The minimum atomic E-state index is 1.26. The second-order valence-electron chi connectivity index (χ2n) is 10.5. The molecular formula is C38H22S2. The van der Waals surface area contributed by atoms with E-state index in [0.717, 1.165) is 0 Å². The molecule has 0 bridgehead atoms. The van der Waals surface area contributed by atoms with Crippen LogP contribution in [0.4, 0.5) is 0 Å². The Bertz CT molecular complexity index is 2380. The van der Waals surface area contributed by atoms with Crippen molar-refractivity contribution in [2.75, 3.05) is 0 Å². The van der Waals surface area contributed by atoms with Crippen molar-refractivity contribution in [3.8, 4) is 22.3 Å². The van der Waals surface area contributed by atoms with Crippen molar-refractivity contribution in [2.24, 2.45) is 0 Å². The molecule has 0 N–H and O–H groups in total. The van der Waals surface area contributed by atoms with Crippen LogP contribution in [-0.4, -0.2) is 0 Å². The van der Waals surface area contributed by atoms with Gasteiger partial charge in [0.1, 0.15) is 0 Å². The summed E-state index contributed by atoms with van der Waals surface area (Å²) in [4.78, 5) is 0. The molecule has 0 saturated carbocycles. The summed E-state index contributed by atoms with van der Waals surface area (Å²) in [5.41, 5.74) is 5.24. The molecule has 9 aromatic rings. The molecule has 0 aliphatic heterocycles. The van der Waals surface area contributed by atoms with Crippen molar-refractivity contribution in [1.29, 1.82) is 0 Å². The Balaban J connectivity index is 1.45. The number of thiophene rings is 2. The summed E-state index contributed by atoms with van der Waals surface area (Å²) < 4.78 is 4.11. The first-order valence-electron chi connectivity index (χ1n) is 13.6. The second-order valence-corrected chi connectivity index (χ2v) is 12.4. The highest BCUT2D eigenvalue weighted by atomic mass is 32.1. The summed E-state index contributed by atoms with van der Waals surface area (Å²) in [6.07, 6.45) is 0. The molecule has 0 saturated heterocycles. The average molecular weight is 543 g/mol. The molecule has 0 amide bonds. The van der Waals surface area contributed by atoms with E-state index in [1.54, 1.807) is 0 Å². The predicted molar refractivity (Wildman–Crippen MR) is 178 cm³/mol. The first kappa shape index (κ1) is 22.3. The lowest BCUT2D eigenvalue weighted by Gasteiger charge is -2.18. The topological polar surface area (TPSA) is 0 Å². The molecule has 2 heterocycles. The number of rotatable bonds is 2. The number of fused-ring (bicyclic) bond motifs is 8. The molecule has 0 unspecified atom stereocenters. The fourth-order valence-electron chi connectivity index (χ4n) is 6.58. The van der Waals surface area contributed by atoms with Crippen LogP contribution in [0.25, 0.3) is 84.8 Å². The Labute approximate surface area is 239 Å². The Kier molecular flexibility index (Phi) is 4.74. The van der Waals surface area contributed by atoms with Gasteiger partial charge in [0.25, 0.3) is 0 Å². The predicted octanol–water partition coefficient (Wildman–Crippen LogP) is 12.1. The van der Waals surface area contributed by atoms with E-state index in [9.17, 15) is 0 Å². The summed E-state index contributed by atoms with van der Waals surface area (Å²) in [5.74, 6) is 0. The lowest BCUT2D eigenvalue weighted by atomic mass is 9.85. The van der Waals surface area contributed by atoms with Crippen molar-refractivity contribution < 1.29 is 0 Å². The lowest BCUT2D eigenvalue weighted by Crippen LogP contribution is -1.91. The van der Waals surface area contributed by atoms with Gasteiger partial charge >= 0.3 is 0 Å². The van der Waals surface area contributed by atoms with Gasteiger partial charge in [-0.1, -0.05) is 103 Å². The van der Waals surface area contributed by atoms with Gasteiger partial charge in [-0.15, -0.1) is 22.7 Å². The van der Waals surface area contributed by atoms with Gasteiger partial charge < -0.3 is 0 Å². The van der Waals surface area contributed by atoms with Gasteiger partial charge in [-0.05, 0) is 78.7 Å². The Morgan fingerprint density at radius 2 is 1.02 bits per heavy atom. The van der Waals surface area contributed by atoms with Gasteiger partial charge in [0.2, 0.25) is 0 Å². The third-order valence-corrected chi connectivity index (χ3v) is 10.5. The smallest absolute Gasteiger partial charge is 0.0442 e. The van der Waals surface area contributed by atoms with Gasteiger partial charge in [-0.25, -0.2) is 0 Å². The molecule has 0 fully saturated rings. The van der Waals surface area contributed by atoms with E-state index in [2.05, 4.69) is 133 Å². The summed E-state index contributed by atoms with van der Waals surface area (Å²) >= 11 is 3.77. The zero-order valence-electron chi connectivity index (χ0n) is 21.5. The van der Waals surface area contributed by atoms with Crippen LogP contribution < -0.4 is 0 Å². The van der Waals surface area contributed by atoms with Crippen molar-refractivity contribution in [3.05, 3.63) is 133 Å². The third kappa shape index (κ3) is 3.12. The number of hydrogen-bond donors (Lipinski definition) is 0. The van der Waals surface area contributed by atoms with Crippen molar-refractivity contribution in [2.45, 2.75) is 0 Å². The molecule has 7 aromatic carbocycles. The largest absolute Gasteiger partial charge is 0.143 e. The van der Waals surface area contributed by atoms with Gasteiger partial charge in [-0.3, -0.25) is 0 Å². The molecule has 2 heteroatoms. The summed E-state index contributed by atoms with van der Waals surface area (Å²) in [6, 6.07) is 47.1. The average Bonchev–Trinajstić information content (AvgIpc) is 3.65. The van der Waals surface area contributed by atoms with Gasteiger partial charge in [0.15, 0.2) is 0 Å². The van der Waals surface area contributed by atoms with Crippen LogP contribution in [0.5, 0.6) is 0 Å². The molecule has 186 valence electrons. The molecular weight excluding hydrogens is 521 g/mol. The standard InChI is InChI=1S/C38H22S2/c1-2-10-24-21-25(18-17-23(24)9-1)35-27-12-3-5-14-29(27)36(30-15-6-4-13-28(30)35)33-22-32-26-11-7-8-16-34(26)40-38(32)31-19-20-39-37(31)33/h1-22H. The Morgan fingerprint density at radius 1 is 0.400 bits per heavy atom. The van der Waals surface area contributed by atoms with E-state index in [4.69, 9.17) is 0 Å². The Morgan fingerprint density at radius 3 is 1.77 bits per heavy atom. The highest BCUT2D eigenvalue weighted by Crippen LogP contribution is 2.49. The summed E-state index contributed by atoms with van der Waals surface area (Å²) in [5, 5.41) is 14.1. The maximum atomic E-state index is 2.47. The van der Waals surface area contributed by atoms with Crippen LogP contribution in [-0.2, 0) is 0 Å². The molecule has 2 aromatic heterocycles. The van der Waals surface area contributed by atoms with Gasteiger partial charge in [-0.2, -0.15) is 0 Å². The van der Waals surface area contributed by atoms with E-state index in [-0.39, 0.29) is 0 Å². The van der Waals surface area contributed by atoms with Crippen molar-refractivity contribution >= 4 is 85.2 Å². The first-order chi connectivity index (χ1) is 19.8. The Hall–Kier alpha value is -4.50. The quantitative estimate of drug-likeness (QED) is 0.191. The van der Waals surface area contributed by atoms with Crippen LogP contribution in [0.1, 0.15) is 0 Å². The maximum Gasteiger partial charge on any atom is 0.0442 e. The fourth-order valence-corrected chi connectivity index (χ4v) is 8.78. The molecule has 0 aliphatic rings. The van der Waals surface area contributed by atoms with E-state index in [0.29, 0.717) is 0 Å². The minimum Gasteiger partial charge on any atom is -0.143 e. The molecule has 40 heavy (non-hydrogen) atoms. The maximum absolute atomic E-state index is 2.47. The first-order valence-corrected chi connectivity index (χ1v) is 15.3. The van der Waals surface area contributed by atoms with Gasteiger partial charge in [0, 0.05) is 35.8 Å². The molecule has 0 atom stereocenters. The van der Waals surface area contributed by atoms with Crippen molar-refractivity contribution in [1.82, 2.24) is 0 Å². The monoisotopic (exact) mass is 542 g/mol. The highest BCUT2D eigenvalue weighted by molar-refractivity contribution is 7.27. The van der Waals surface area contributed by atoms with Crippen molar-refractivity contribution in [3.63, 3.8) is 0 Å². The third-order valence-electron chi connectivity index (χ3n) is 8.32. The van der Waals surface area contributed by atoms with E-state index >= 15 is 0 Å². The normalized spacial score (nSPS) is 12.0. The fraction of sp³-hybridized carbons (Fsp3) is 0. The van der Waals surface area contributed by atoms with E-state index in [1.807, 2.05) is 22.7 Å². The van der Waals surface area contributed by atoms with E-state index < -0.39 is 0 Å². The minimum absolute atomic E-state index is 1.26. The molecule has 0 spiro atoms. The molecule has 9 rings (SSSR count). The summed E-state index contributed by atoms with van der Waals surface area (Å²) in [6.45, 7) is 0. The van der Waals surface area contributed by atoms with Crippen LogP contribution in [0.3, 0.4) is 0 Å². The SMILES string of the molecule is c1ccc2cc(-c3c4ccccc4c(-c4cc5c6ccccc6sc5c5ccsc45)c4ccccc34)ccc2c1. The van der Waals surface area contributed by atoms with Crippen LogP contribution in [0.15, 0.2) is 133 Å². The molecule has 0 aliphatic carbocycles. The van der Waals surface area contributed by atoms with Crippen LogP contribution in [0, 0.1) is 0 Å². The molecule has 0 nitrogen and oxygen atoms in total. The number of hydrogen-bond acceptors (Lipinski definition) is 2. The number of benzene rings is 7. The second kappa shape index (κ2) is 8.50. The molecule has 0 radical (unpaired) electrons. The van der Waals surface area contributed by atoms with Crippen LogP contribution in [0.2, 0.25) is 0 Å². The highest BCUT2D eigenvalue weighted by Gasteiger charge is 2.20. The van der Waals surface area contributed by atoms with Crippen LogP contribution >= 0.6 is 22.7 Å². The zero-order chi connectivity index (χ0) is 26.2. The van der Waals surface area contributed by atoms with E-state index in [1.165, 1.54) is 84.8 Å². The summed E-state index contributed by atoms with van der Waals surface area (Å²) in [7, 11) is 0. The lowest BCUT2D eigenvalue weighted by molar-refractivity contribution is 1.69. The van der Waals surface area contributed by atoms with Gasteiger partial charge in [0.05, 0.1) is 0 Å².